The molecule has 1 aromatic carbocycles. The third-order valence-corrected chi connectivity index (χ3v) is 4.92. The van der Waals surface area contributed by atoms with E-state index in [9.17, 15) is 4.79 Å². The number of carbonyl (C=O) groups excluding carboxylic acids is 1. The maximum Gasteiger partial charge on any atom is 0.256 e. The van der Waals surface area contributed by atoms with Crippen molar-refractivity contribution in [3.63, 3.8) is 0 Å². The van der Waals surface area contributed by atoms with Gasteiger partial charge >= 0.3 is 0 Å². The second kappa shape index (κ2) is 7.23. The van der Waals surface area contributed by atoms with Crippen molar-refractivity contribution < 1.29 is 14.3 Å². The summed E-state index contributed by atoms with van der Waals surface area (Å²) in [5, 5.41) is 0. The molecule has 0 spiro atoms. The Morgan fingerprint density at radius 1 is 1.12 bits per heavy atom. The zero-order valence-corrected chi connectivity index (χ0v) is 14.1. The van der Waals surface area contributed by atoms with E-state index < -0.39 is 6.10 Å². The first-order valence-corrected chi connectivity index (χ1v) is 8.86. The predicted molar refractivity (Wildman–Crippen MR) is 93.3 cm³/mol. The first-order valence-electron chi connectivity index (χ1n) is 8.86. The Labute approximate surface area is 147 Å². The summed E-state index contributed by atoms with van der Waals surface area (Å²) >= 11 is 0. The average Bonchev–Trinajstić information content (AvgIpc) is 2.68. The van der Waals surface area contributed by atoms with Crippen LogP contribution in [-0.2, 0) is 16.0 Å². The number of hydrogen-bond donors (Lipinski definition) is 0. The molecule has 130 valence electrons. The molecular formula is C20H22N2O3. The van der Waals surface area contributed by atoms with Gasteiger partial charge in [-0.3, -0.25) is 9.78 Å². The van der Waals surface area contributed by atoms with Crippen molar-refractivity contribution in [3.05, 3.63) is 59.9 Å². The Morgan fingerprint density at radius 3 is 2.68 bits per heavy atom. The molecule has 1 amide bonds. The summed E-state index contributed by atoms with van der Waals surface area (Å²) in [6.45, 7) is 2.02. The third-order valence-electron chi connectivity index (χ3n) is 4.92. The molecule has 1 aromatic heterocycles. The van der Waals surface area contributed by atoms with Gasteiger partial charge in [0.05, 0.1) is 6.61 Å². The Morgan fingerprint density at radius 2 is 1.88 bits per heavy atom. The van der Waals surface area contributed by atoms with Crippen LogP contribution in [-0.4, -0.2) is 41.6 Å². The van der Waals surface area contributed by atoms with E-state index in [1.54, 1.807) is 12.4 Å². The normalized spacial score (nSPS) is 20.8. The van der Waals surface area contributed by atoms with Gasteiger partial charge in [-0.05, 0) is 29.7 Å². The van der Waals surface area contributed by atoms with Crippen LogP contribution >= 0.6 is 0 Å². The van der Waals surface area contributed by atoms with Crippen LogP contribution in [0.1, 0.15) is 30.1 Å². The van der Waals surface area contributed by atoms with Gasteiger partial charge in [0, 0.05) is 38.3 Å². The standard InChI is InChI=1S/C20H22N2O3/c23-20(19-18-4-2-1-3-15(18)9-14-24-19)22-12-7-17(8-13-22)25-16-5-10-21-11-6-16/h1-6,10-11,17,19H,7-9,12-14H2. The van der Waals surface area contributed by atoms with Gasteiger partial charge in [-0.25, -0.2) is 0 Å². The van der Waals surface area contributed by atoms with E-state index in [1.165, 1.54) is 5.56 Å². The van der Waals surface area contributed by atoms with Crippen LogP contribution in [0.4, 0.5) is 0 Å². The second-order valence-corrected chi connectivity index (χ2v) is 6.53. The number of fused-ring (bicyclic) bond motifs is 1. The number of likely N-dealkylation sites (tertiary alicyclic amines) is 1. The molecule has 3 heterocycles. The molecular weight excluding hydrogens is 316 g/mol. The van der Waals surface area contributed by atoms with Crippen molar-refractivity contribution >= 4 is 5.91 Å². The summed E-state index contributed by atoms with van der Waals surface area (Å²) < 4.78 is 11.8. The minimum Gasteiger partial charge on any atom is -0.490 e. The van der Waals surface area contributed by atoms with E-state index in [4.69, 9.17) is 9.47 Å². The number of nitrogens with zero attached hydrogens (tertiary/aromatic N) is 2. The molecule has 2 aromatic rings. The third kappa shape index (κ3) is 3.51. The van der Waals surface area contributed by atoms with E-state index in [-0.39, 0.29) is 12.0 Å². The molecule has 5 heteroatoms. The van der Waals surface area contributed by atoms with E-state index >= 15 is 0 Å². The van der Waals surface area contributed by atoms with Crippen molar-refractivity contribution in [2.75, 3.05) is 19.7 Å². The number of carbonyl (C=O) groups is 1. The Hall–Kier alpha value is -2.40. The highest BCUT2D eigenvalue weighted by atomic mass is 16.5. The minimum atomic E-state index is -0.456. The van der Waals surface area contributed by atoms with Crippen molar-refractivity contribution in [1.82, 2.24) is 9.88 Å². The Bertz CT molecular complexity index is 727. The zero-order chi connectivity index (χ0) is 17.1. The summed E-state index contributed by atoms with van der Waals surface area (Å²) in [6.07, 6.45) is 5.69. The van der Waals surface area contributed by atoms with Crippen molar-refractivity contribution in [2.24, 2.45) is 0 Å². The molecule has 2 aliphatic heterocycles. The molecule has 25 heavy (non-hydrogen) atoms. The SMILES string of the molecule is O=C(C1OCCc2ccccc21)N1CCC(Oc2ccncc2)CC1. The van der Waals surface area contributed by atoms with Crippen LogP contribution in [0.25, 0.3) is 0 Å². The highest BCUT2D eigenvalue weighted by molar-refractivity contribution is 5.83. The molecule has 1 unspecified atom stereocenters. The van der Waals surface area contributed by atoms with E-state index in [1.807, 2.05) is 35.2 Å². The monoisotopic (exact) mass is 338 g/mol. The van der Waals surface area contributed by atoms with Gasteiger partial charge in [-0.15, -0.1) is 0 Å². The molecule has 0 N–H and O–H groups in total. The lowest BCUT2D eigenvalue weighted by Gasteiger charge is -2.35. The van der Waals surface area contributed by atoms with Crippen LogP contribution in [0.2, 0.25) is 0 Å². The highest BCUT2D eigenvalue weighted by Gasteiger charge is 2.33. The number of benzene rings is 1. The molecule has 0 saturated carbocycles. The fraction of sp³-hybridized carbons (Fsp3) is 0.400. The number of aromatic nitrogens is 1. The van der Waals surface area contributed by atoms with Gasteiger partial charge in [0.2, 0.25) is 0 Å². The van der Waals surface area contributed by atoms with Crippen molar-refractivity contribution in [2.45, 2.75) is 31.5 Å². The van der Waals surface area contributed by atoms with Gasteiger partial charge in [0.1, 0.15) is 11.9 Å². The predicted octanol–water partition coefficient (Wildman–Crippen LogP) is 2.77. The second-order valence-electron chi connectivity index (χ2n) is 6.53. The molecule has 0 aliphatic carbocycles. The summed E-state index contributed by atoms with van der Waals surface area (Å²) in [5.41, 5.74) is 2.25. The number of hydrogen-bond acceptors (Lipinski definition) is 4. The van der Waals surface area contributed by atoms with Crippen LogP contribution in [0.15, 0.2) is 48.8 Å². The molecule has 0 radical (unpaired) electrons. The fourth-order valence-corrected chi connectivity index (χ4v) is 3.57. The van der Waals surface area contributed by atoms with Gasteiger partial charge in [0.25, 0.3) is 5.91 Å². The van der Waals surface area contributed by atoms with Crippen LogP contribution in [0, 0.1) is 0 Å². The smallest absolute Gasteiger partial charge is 0.256 e. The molecule has 1 saturated heterocycles. The van der Waals surface area contributed by atoms with E-state index in [0.29, 0.717) is 19.7 Å². The van der Waals surface area contributed by atoms with Crippen LogP contribution in [0.5, 0.6) is 5.75 Å². The summed E-state index contributed by atoms with van der Waals surface area (Å²) in [6, 6.07) is 11.8. The first kappa shape index (κ1) is 16.1. The van der Waals surface area contributed by atoms with Gasteiger partial charge in [0.15, 0.2) is 6.10 Å². The summed E-state index contributed by atoms with van der Waals surface area (Å²) in [4.78, 5) is 18.8. The number of rotatable bonds is 3. The quantitative estimate of drug-likeness (QED) is 0.863. The molecule has 2 aliphatic rings. The Kier molecular flexibility index (Phi) is 4.65. The van der Waals surface area contributed by atoms with Gasteiger partial charge in [-0.1, -0.05) is 24.3 Å². The zero-order valence-electron chi connectivity index (χ0n) is 14.1. The maximum atomic E-state index is 12.9. The van der Waals surface area contributed by atoms with Crippen LogP contribution in [0.3, 0.4) is 0 Å². The molecule has 4 rings (SSSR count). The fourth-order valence-electron chi connectivity index (χ4n) is 3.57. The molecule has 5 nitrogen and oxygen atoms in total. The summed E-state index contributed by atoms with van der Waals surface area (Å²) in [7, 11) is 0. The lowest BCUT2D eigenvalue weighted by atomic mass is 9.96. The number of amides is 1. The Balaban J connectivity index is 1.37. The number of pyridine rings is 1. The minimum absolute atomic E-state index is 0.0783. The van der Waals surface area contributed by atoms with E-state index in [2.05, 4.69) is 11.1 Å². The average molecular weight is 338 g/mol. The van der Waals surface area contributed by atoms with Crippen molar-refractivity contribution in [3.8, 4) is 5.75 Å². The van der Waals surface area contributed by atoms with E-state index in [0.717, 1.165) is 30.6 Å². The largest absolute Gasteiger partial charge is 0.490 e. The first-order chi connectivity index (χ1) is 12.3. The molecule has 1 fully saturated rings. The number of piperidine rings is 1. The lowest BCUT2D eigenvalue weighted by Crippen LogP contribution is -2.45. The van der Waals surface area contributed by atoms with Crippen LogP contribution < -0.4 is 4.74 Å². The van der Waals surface area contributed by atoms with Gasteiger partial charge in [-0.2, -0.15) is 0 Å². The number of ether oxygens (including phenoxy) is 2. The van der Waals surface area contributed by atoms with Crippen molar-refractivity contribution in [1.29, 1.82) is 0 Å². The summed E-state index contributed by atoms with van der Waals surface area (Å²) in [5.74, 6) is 0.916. The molecule has 0 bridgehead atoms. The molecule has 1 atom stereocenters. The maximum absolute atomic E-state index is 12.9. The highest BCUT2D eigenvalue weighted by Crippen LogP contribution is 2.30. The lowest BCUT2D eigenvalue weighted by molar-refractivity contribution is -0.147. The topological polar surface area (TPSA) is 51.7 Å². The van der Waals surface area contributed by atoms with Gasteiger partial charge < -0.3 is 14.4 Å².